The van der Waals surface area contributed by atoms with Crippen LogP contribution in [0.5, 0.6) is 0 Å². The quantitative estimate of drug-likeness (QED) is 0.690. The maximum Gasteiger partial charge on any atom is 0.352 e. The van der Waals surface area contributed by atoms with E-state index in [9.17, 15) is 19.1 Å². The number of hydrogen-bond donors (Lipinski definition) is 2. The summed E-state index contributed by atoms with van der Waals surface area (Å²) in [6.45, 7) is 2.69. The van der Waals surface area contributed by atoms with Crippen LogP contribution in [0.25, 0.3) is 11.0 Å². The van der Waals surface area contributed by atoms with Gasteiger partial charge in [-0.15, -0.1) is 0 Å². The molecular formula is C19H20FN5O4. The highest BCUT2D eigenvalue weighted by atomic mass is 19.1. The molecule has 1 fully saturated rings. The molecule has 10 heteroatoms. The number of carbonyl (C=O) groups is 1. The Kier molecular flexibility index (Phi) is 4.79. The number of nitrogens with one attached hydrogen (secondary N) is 1. The van der Waals surface area contributed by atoms with E-state index < -0.39 is 17.3 Å². The van der Waals surface area contributed by atoms with Crippen LogP contribution in [-0.2, 0) is 11.8 Å². The van der Waals surface area contributed by atoms with Crippen molar-refractivity contribution >= 4 is 28.6 Å². The lowest BCUT2D eigenvalue weighted by Gasteiger charge is -2.25. The molecule has 0 aliphatic carbocycles. The standard InChI is InChI=1S/C19H20FN5O4/c1-10-13-8-14(20)17(26)25(12-3-5-29-6-4-12)16(13)23-19(21-10)22-11-7-15(18(27)28)24(2)9-11/h7-9,12H,3-6H2,1-2H3,(H,27,28)(H,21,22,23). The Labute approximate surface area is 164 Å². The van der Waals surface area contributed by atoms with Gasteiger partial charge in [0, 0.05) is 37.9 Å². The van der Waals surface area contributed by atoms with Crippen LogP contribution in [0.2, 0.25) is 0 Å². The van der Waals surface area contributed by atoms with E-state index in [0.29, 0.717) is 48.5 Å². The van der Waals surface area contributed by atoms with Crippen molar-refractivity contribution in [2.24, 2.45) is 7.05 Å². The van der Waals surface area contributed by atoms with Crippen LogP contribution < -0.4 is 10.9 Å². The molecule has 0 saturated carbocycles. The molecule has 4 heterocycles. The first-order valence-corrected chi connectivity index (χ1v) is 9.19. The van der Waals surface area contributed by atoms with Gasteiger partial charge in [-0.05, 0) is 31.9 Å². The number of fused-ring (bicyclic) bond motifs is 1. The normalized spacial score (nSPS) is 15.0. The summed E-state index contributed by atoms with van der Waals surface area (Å²) >= 11 is 0. The molecule has 0 radical (unpaired) electrons. The smallest absolute Gasteiger partial charge is 0.352 e. The van der Waals surface area contributed by atoms with E-state index in [1.807, 2.05) is 0 Å². The topological polar surface area (TPSA) is 111 Å². The second-order valence-electron chi connectivity index (χ2n) is 7.04. The van der Waals surface area contributed by atoms with Crippen LogP contribution in [0.1, 0.15) is 35.1 Å². The number of anilines is 2. The maximum atomic E-state index is 14.3. The van der Waals surface area contributed by atoms with Gasteiger partial charge in [-0.2, -0.15) is 4.98 Å². The fourth-order valence-electron chi connectivity index (χ4n) is 3.63. The lowest BCUT2D eigenvalue weighted by Crippen LogP contribution is -2.31. The second kappa shape index (κ2) is 7.28. The minimum absolute atomic E-state index is 0.103. The molecule has 4 rings (SSSR count). The number of hydrogen-bond acceptors (Lipinski definition) is 6. The number of ether oxygens (including phenoxy) is 1. The van der Waals surface area contributed by atoms with E-state index in [-0.39, 0.29) is 17.7 Å². The predicted molar refractivity (Wildman–Crippen MR) is 103 cm³/mol. The van der Waals surface area contributed by atoms with E-state index in [1.165, 1.54) is 15.2 Å². The lowest BCUT2D eigenvalue weighted by atomic mass is 10.1. The van der Waals surface area contributed by atoms with Crippen LogP contribution in [0.3, 0.4) is 0 Å². The molecule has 152 valence electrons. The highest BCUT2D eigenvalue weighted by Gasteiger charge is 2.23. The van der Waals surface area contributed by atoms with E-state index in [1.54, 1.807) is 20.2 Å². The number of carboxylic acid groups (broad SMARTS) is 1. The Morgan fingerprint density at radius 2 is 2.03 bits per heavy atom. The van der Waals surface area contributed by atoms with Gasteiger partial charge in [0.2, 0.25) is 5.95 Å². The third kappa shape index (κ3) is 3.46. The second-order valence-corrected chi connectivity index (χ2v) is 7.04. The van der Waals surface area contributed by atoms with Crippen molar-refractivity contribution in [3.8, 4) is 0 Å². The average Bonchev–Trinajstić information content (AvgIpc) is 3.05. The van der Waals surface area contributed by atoms with E-state index in [0.717, 1.165) is 6.07 Å². The SMILES string of the molecule is Cc1nc(Nc2cc(C(=O)O)n(C)c2)nc2c1cc(F)c(=O)n2C1CCOCC1. The highest BCUT2D eigenvalue weighted by Crippen LogP contribution is 2.26. The van der Waals surface area contributed by atoms with Crippen LogP contribution in [-0.4, -0.2) is 43.4 Å². The van der Waals surface area contributed by atoms with Crippen molar-refractivity contribution in [1.29, 1.82) is 0 Å². The monoisotopic (exact) mass is 401 g/mol. The average molecular weight is 401 g/mol. The van der Waals surface area contributed by atoms with E-state index >= 15 is 0 Å². The van der Waals surface area contributed by atoms with Crippen molar-refractivity contribution in [2.45, 2.75) is 25.8 Å². The zero-order valence-corrected chi connectivity index (χ0v) is 16.0. The van der Waals surface area contributed by atoms with Gasteiger partial charge >= 0.3 is 5.97 Å². The third-order valence-corrected chi connectivity index (χ3v) is 5.07. The largest absolute Gasteiger partial charge is 0.477 e. The van der Waals surface area contributed by atoms with Gasteiger partial charge in [-0.25, -0.2) is 14.2 Å². The van der Waals surface area contributed by atoms with Gasteiger partial charge in [0.05, 0.1) is 11.4 Å². The van der Waals surface area contributed by atoms with Crippen LogP contribution in [0.4, 0.5) is 16.0 Å². The summed E-state index contributed by atoms with van der Waals surface area (Å²) in [5.41, 5.74) is 0.720. The number of aromatic carboxylic acids is 1. The van der Waals surface area contributed by atoms with Crippen LogP contribution in [0, 0.1) is 12.7 Å². The van der Waals surface area contributed by atoms with Crippen LogP contribution in [0.15, 0.2) is 23.1 Å². The third-order valence-electron chi connectivity index (χ3n) is 5.07. The first kappa shape index (κ1) is 19.1. The van der Waals surface area contributed by atoms with Crippen molar-refractivity contribution in [1.82, 2.24) is 19.1 Å². The van der Waals surface area contributed by atoms with Crippen LogP contribution >= 0.6 is 0 Å². The summed E-state index contributed by atoms with van der Waals surface area (Å²) in [5, 5.41) is 12.6. The molecule has 0 spiro atoms. The van der Waals surface area contributed by atoms with E-state index in [2.05, 4.69) is 15.3 Å². The lowest BCUT2D eigenvalue weighted by molar-refractivity contribution is 0.0685. The molecule has 1 aliphatic heterocycles. The summed E-state index contributed by atoms with van der Waals surface area (Å²) in [6.07, 6.45) is 2.78. The number of aryl methyl sites for hydroxylation is 2. The highest BCUT2D eigenvalue weighted by molar-refractivity contribution is 5.87. The molecule has 2 N–H and O–H groups in total. The Bertz CT molecular complexity index is 1160. The number of pyridine rings is 1. The molecule has 0 aromatic carbocycles. The zero-order valence-electron chi connectivity index (χ0n) is 16.0. The van der Waals surface area contributed by atoms with Crippen molar-refractivity contribution in [3.63, 3.8) is 0 Å². The van der Waals surface area contributed by atoms with Gasteiger partial charge in [0.25, 0.3) is 5.56 Å². The minimum atomic E-state index is -1.06. The summed E-state index contributed by atoms with van der Waals surface area (Å²) in [4.78, 5) is 32.6. The molecule has 0 atom stereocenters. The Balaban J connectivity index is 1.83. The van der Waals surface area contributed by atoms with Crippen molar-refractivity contribution < 1.29 is 19.0 Å². The summed E-state index contributed by atoms with van der Waals surface area (Å²) < 4.78 is 22.5. The summed E-state index contributed by atoms with van der Waals surface area (Å²) in [6, 6.07) is 2.41. The molecule has 3 aromatic rings. The number of rotatable bonds is 4. The molecule has 1 aliphatic rings. The first-order chi connectivity index (χ1) is 13.8. The van der Waals surface area contributed by atoms with Gasteiger partial charge < -0.3 is 19.7 Å². The van der Waals surface area contributed by atoms with Gasteiger partial charge in [-0.3, -0.25) is 9.36 Å². The number of carboxylic acids is 1. The molecule has 29 heavy (non-hydrogen) atoms. The summed E-state index contributed by atoms with van der Waals surface area (Å²) in [7, 11) is 1.62. The first-order valence-electron chi connectivity index (χ1n) is 9.19. The van der Waals surface area contributed by atoms with Gasteiger partial charge in [0.1, 0.15) is 11.3 Å². The number of halogens is 1. The Morgan fingerprint density at radius 1 is 1.31 bits per heavy atom. The fourth-order valence-corrected chi connectivity index (χ4v) is 3.63. The molecule has 9 nitrogen and oxygen atoms in total. The molecule has 0 bridgehead atoms. The fraction of sp³-hybridized carbons (Fsp3) is 0.368. The maximum absolute atomic E-state index is 14.3. The molecule has 1 saturated heterocycles. The predicted octanol–water partition coefficient (Wildman–Crippen LogP) is 2.37. The van der Waals surface area contributed by atoms with E-state index in [4.69, 9.17) is 4.74 Å². The van der Waals surface area contributed by atoms with Gasteiger partial charge in [0.15, 0.2) is 5.82 Å². The Hall–Kier alpha value is -3.27. The molecular weight excluding hydrogens is 381 g/mol. The zero-order chi connectivity index (χ0) is 20.7. The Morgan fingerprint density at radius 3 is 2.69 bits per heavy atom. The minimum Gasteiger partial charge on any atom is -0.477 e. The molecule has 3 aromatic heterocycles. The molecule has 0 amide bonds. The van der Waals surface area contributed by atoms with Crippen molar-refractivity contribution in [2.75, 3.05) is 18.5 Å². The number of aromatic nitrogens is 4. The summed E-state index contributed by atoms with van der Waals surface area (Å²) in [5.74, 6) is -1.70. The van der Waals surface area contributed by atoms with Gasteiger partial charge in [-0.1, -0.05) is 0 Å². The molecule has 0 unspecified atom stereocenters. The van der Waals surface area contributed by atoms with Crippen molar-refractivity contribution in [3.05, 3.63) is 45.9 Å². The number of nitrogens with zero attached hydrogens (tertiary/aromatic N) is 4.